The van der Waals surface area contributed by atoms with Gasteiger partial charge in [0.05, 0.1) is 6.54 Å². The molecule has 2 aromatic carbocycles. The number of likely N-dealkylation sites (N-methyl/N-ethyl adjacent to an activating group) is 1. The first-order valence-electron chi connectivity index (χ1n) is 7.62. The monoisotopic (exact) mass is 283 g/mol. The van der Waals surface area contributed by atoms with E-state index in [2.05, 4.69) is 62.9 Å². The van der Waals surface area contributed by atoms with E-state index in [9.17, 15) is 0 Å². The Balaban J connectivity index is 1.93. The molecule has 2 rings (SSSR count). The molecular weight excluding hydrogens is 258 g/mol. The highest BCUT2D eigenvalue weighted by molar-refractivity contribution is 5.50. The third-order valence-corrected chi connectivity index (χ3v) is 3.89. The molecule has 2 heteroatoms. The van der Waals surface area contributed by atoms with Crippen molar-refractivity contribution in [1.29, 1.82) is 0 Å². The maximum atomic E-state index is 5.83. The van der Waals surface area contributed by atoms with Gasteiger partial charge in [0.15, 0.2) is 0 Å². The molecule has 0 spiro atoms. The summed E-state index contributed by atoms with van der Waals surface area (Å²) in [4.78, 5) is 2.35. The maximum Gasteiger partial charge on any atom is 0.119 e. The Labute approximate surface area is 128 Å². The van der Waals surface area contributed by atoms with Gasteiger partial charge in [-0.1, -0.05) is 23.8 Å². The van der Waals surface area contributed by atoms with Crippen molar-refractivity contribution in [2.45, 2.75) is 27.7 Å². The largest absolute Gasteiger partial charge is 0.492 e. The van der Waals surface area contributed by atoms with E-state index in [4.69, 9.17) is 4.74 Å². The Kier molecular flexibility index (Phi) is 5.26. The minimum absolute atomic E-state index is 0.698. The molecule has 0 aliphatic carbocycles. The number of aryl methyl sites for hydroxylation is 3. The van der Waals surface area contributed by atoms with Crippen molar-refractivity contribution in [3.8, 4) is 5.75 Å². The maximum absolute atomic E-state index is 5.83. The Morgan fingerprint density at radius 3 is 2.24 bits per heavy atom. The summed E-state index contributed by atoms with van der Waals surface area (Å²) >= 11 is 0. The lowest BCUT2D eigenvalue weighted by atomic mass is 10.1. The van der Waals surface area contributed by atoms with Crippen LogP contribution in [-0.2, 0) is 0 Å². The molecule has 0 amide bonds. The summed E-state index contributed by atoms with van der Waals surface area (Å²) in [5.74, 6) is 0.941. The fraction of sp³-hybridized carbons (Fsp3) is 0.368. The minimum atomic E-state index is 0.698. The number of anilines is 1. The molecule has 0 aliphatic heterocycles. The number of nitrogens with zero attached hydrogens (tertiary/aromatic N) is 1. The zero-order valence-corrected chi connectivity index (χ0v) is 13.5. The number of hydrogen-bond acceptors (Lipinski definition) is 2. The van der Waals surface area contributed by atoms with Crippen LogP contribution in [0.25, 0.3) is 0 Å². The molecule has 2 nitrogen and oxygen atoms in total. The summed E-state index contributed by atoms with van der Waals surface area (Å²) in [7, 11) is 0. The van der Waals surface area contributed by atoms with Crippen LogP contribution in [-0.4, -0.2) is 19.7 Å². The van der Waals surface area contributed by atoms with Crippen molar-refractivity contribution in [1.82, 2.24) is 0 Å². The van der Waals surface area contributed by atoms with Crippen molar-refractivity contribution in [2.24, 2.45) is 0 Å². The number of rotatable bonds is 6. The normalized spacial score (nSPS) is 10.5. The Morgan fingerprint density at radius 2 is 1.62 bits per heavy atom. The Bertz CT molecular complexity index is 575. The van der Waals surface area contributed by atoms with Crippen LogP contribution in [0.5, 0.6) is 5.75 Å². The first-order chi connectivity index (χ1) is 10.1. The number of benzene rings is 2. The smallest absolute Gasteiger partial charge is 0.119 e. The third-order valence-electron chi connectivity index (χ3n) is 3.89. The predicted molar refractivity (Wildman–Crippen MR) is 90.5 cm³/mol. The van der Waals surface area contributed by atoms with Gasteiger partial charge in [0.25, 0.3) is 0 Å². The van der Waals surface area contributed by atoms with Crippen LogP contribution < -0.4 is 9.64 Å². The lowest BCUT2D eigenvalue weighted by Gasteiger charge is -2.24. The molecule has 0 saturated carbocycles. The molecule has 112 valence electrons. The van der Waals surface area contributed by atoms with Gasteiger partial charge in [-0.15, -0.1) is 0 Å². The first kappa shape index (κ1) is 15.4. The van der Waals surface area contributed by atoms with E-state index in [0.29, 0.717) is 6.61 Å². The number of hydrogen-bond donors (Lipinski definition) is 0. The highest BCUT2D eigenvalue weighted by Crippen LogP contribution is 2.19. The van der Waals surface area contributed by atoms with E-state index >= 15 is 0 Å². The van der Waals surface area contributed by atoms with Gasteiger partial charge in [-0.25, -0.2) is 0 Å². The summed E-state index contributed by atoms with van der Waals surface area (Å²) in [5, 5.41) is 0. The van der Waals surface area contributed by atoms with Gasteiger partial charge in [-0.2, -0.15) is 0 Å². The fourth-order valence-electron chi connectivity index (χ4n) is 2.30. The summed E-state index contributed by atoms with van der Waals surface area (Å²) in [6.07, 6.45) is 0. The van der Waals surface area contributed by atoms with Gasteiger partial charge in [-0.05, 0) is 63.1 Å². The lowest BCUT2D eigenvalue weighted by molar-refractivity contribution is 0.324. The Morgan fingerprint density at radius 1 is 0.905 bits per heavy atom. The van der Waals surface area contributed by atoms with E-state index in [-0.39, 0.29) is 0 Å². The van der Waals surface area contributed by atoms with Crippen LogP contribution in [0.15, 0.2) is 42.5 Å². The van der Waals surface area contributed by atoms with Gasteiger partial charge >= 0.3 is 0 Å². The molecule has 0 aromatic heterocycles. The standard InChI is InChI=1S/C19H25NO/c1-5-20(18-9-8-16(3)17(4)14-18)12-13-21-19-10-6-15(2)7-11-19/h6-11,14H,5,12-13H2,1-4H3. The molecule has 0 bridgehead atoms. The average molecular weight is 283 g/mol. The molecule has 0 heterocycles. The topological polar surface area (TPSA) is 12.5 Å². The van der Waals surface area contributed by atoms with Crippen molar-refractivity contribution < 1.29 is 4.74 Å². The minimum Gasteiger partial charge on any atom is -0.492 e. The van der Waals surface area contributed by atoms with Gasteiger partial charge in [0, 0.05) is 12.2 Å². The second kappa shape index (κ2) is 7.16. The SMILES string of the molecule is CCN(CCOc1ccc(C)cc1)c1ccc(C)c(C)c1. The second-order valence-electron chi connectivity index (χ2n) is 5.51. The highest BCUT2D eigenvalue weighted by Gasteiger charge is 2.05. The van der Waals surface area contributed by atoms with Crippen molar-refractivity contribution >= 4 is 5.69 Å². The molecule has 0 atom stereocenters. The van der Waals surface area contributed by atoms with Crippen LogP contribution in [0.2, 0.25) is 0 Å². The molecule has 21 heavy (non-hydrogen) atoms. The van der Waals surface area contributed by atoms with Crippen molar-refractivity contribution in [3.63, 3.8) is 0 Å². The van der Waals surface area contributed by atoms with E-state index < -0.39 is 0 Å². The highest BCUT2D eigenvalue weighted by atomic mass is 16.5. The van der Waals surface area contributed by atoms with Gasteiger partial charge in [0.2, 0.25) is 0 Å². The molecule has 0 radical (unpaired) electrons. The molecule has 0 fully saturated rings. The van der Waals surface area contributed by atoms with E-state index in [1.165, 1.54) is 22.4 Å². The van der Waals surface area contributed by atoms with Crippen LogP contribution in [0.1, 0.15) is 23.6 Å². The van der Waals surface area contributed by atoms with Crippen LogP contribution >= 0.6 is 0 Å². The summed E-state index contributed by atoms with van der Waals surface area (Å²) in [6, 6.07) is 14.9. The summed E-state index contributed by atoms with van der Waals surface area (Å²) in [6.45, 7) is 11.2. The van der Waals surface area contributed by atoms with Crippen molar-refractivity contribution in [2.75, 3.05) is 24.6 Å². The quantitative estimate of drug-likeness (QED) is 0.773. The van der Waals surface area contributed by atoms with Crippen molar-refractivity contribution in [3.05, 3.63) is 59.2 Å². The lowest BCUT2D eigenvalue weighted by Crippen LogP contribution is -2.28. The Hall–Kier alpha value is -1.96. The molecule has 0 saturated heterocycles. The molecule has 0 N–H and O–H groups in total. The zero-order valence-electron chi connectivity index (χ0n) is 13.5. The van der Waals surface area contributed by atoms with E-state index in [1.54, 1.807) is 0 Å². The van der Waals surface area contributed by atoms with Gasteiger partial charge in [-0.3, -0.25) is 0 Å². The van der Waals surface area contributed by atoms with Crippen LogP contribution in [0.4, 0.5) is 5.69 Å². The van der Waals surface area contributed by atoms with Crippen LogP contribution in [0, 0.1) is 20.8 Å². The molecular formula is C19H25NO. The van der Waals surface area contributed by atoms with E-state index in [1.807, 2.05) is 12.1 Å². The second-order valence-corrected chi connectivity index (χ2v) is 5.51. The molecule has 0 aliphatic rings. The molecule has 2 aromatic rings. The number of ether oxygens (including phenoxy) is 1. The molecule has 0 unspecified atom stereocenters. The van der Waals surface area contributed by atoms with Crippen LogP contribution in [0.3, 0.4) is 0 Å². The summed E-state index contributed by atoms with van der Waals surface area (Å²) < 4.78 is 5.83. The van der Waals surface area contributed by atoms with E-state index in [0.717, 1.165) is 18.8 Å². The third kappa shape index (κ3) is 4.25. The summed E-state index contributed by atoms with van der Waals surface area (Å²) in [5.41, 5.74) is 5.21. The average Bonchev–Trinajstić information content (AvgIpc) is 2.49. The van der Waals surface area contributed by atoms with Gasteiger partial charge < -0.3 is 9.64 Å². The zero-order chi connectivity index (χ0) is 15.2. The van der Waals surface area contributed by atoms with Gasteiger partial charge in [0.1, 0.15) is 12.4 Å². The fourth-order valence-corrected chi connectivity index (χ4v) is 2.30. The predicted octanol–water partition coefficient (Wildman–Crippen LogP) is 4.52. The first-order valence-corrected chi connectivity index (χ1v) is 7.62.